The van der Waals surface area contributed by atoms with Crippen molar-refractivity contribution in [1.29, 1.82) is 0 Å². The summed E-state index contributed by atoms with van der Waals surface area (Å²) in [6.45, 7) is 0.287. The van der Waals surface area contributed by atoms with Crippen molar-refractivity contribution in [2.45, 2.75) is 24.2 Å². The van der Waals surface area contributed by atoms with E-state index < -0.39 is 32.5 Å². The Bertz CT molecular complexity index is 1280. The zero-order valence-corrected chi connectivity index (χ0v) is 21.8. The predicted octanol–water partition coefficient (Wildman–Crippen LogP) is 3.58. The Hall–Kier alpha value is -2.05. The van der Waals surface area contributed by atoms with Gasteiger partial charge in [0.05, 0.1) is 39.7 Å². The molecule has 1 aliphatic heterocycles. The first kappa shape index (κ1) is 26.6. The average Bonchev–Trinajstić information content (AvgIpc) is 2.79. The highest BCUT2D eigenvalue weighted by Crippen LogP contribution is 2.31. The number of carbonyl (C=O) groups excluding carboxylic acids is 1. The molecule has 2 aromatic carbocycles. The first-order valence-electron chi connectivity index (χ1n) is 10.3. The van der Waals surface area contributed by atoms with Gasteiger partial charge in [-0.05, 0) is 49.2 Å². The third-order valence-electron chi connectivity index (χ3n) is 5.28. The second-order valence-corrected chi connectivity index (χ2v) is 12.4. The van der Waals surface area contributed by atoms with Gasteiger partial charge in [0, 0.05) is 13.1 Å². The van der Waals surface area contributed by atoms with Crippen LogP contribution in [0.15, 0.2) is 41.3 Å². The topological polar surface area (TPSA) is 113 Å². The molecule has 1 amide bonds. The quantitative estimate of drug-likeness (QED) is 0.538. The number of nitrogens with zero attached hydrogens (tertiary/aromatic N) is 2. The maximum Gasteiger partial charge on any atom is 0.245 e. The molecule has 0 atom stereocenters. The lowest BCUT2D eigenvalue weighted by Crippen LogP contribution is -2.37. The molecule has 0 aliphatic carbocycles. The van der Waals surface area contributed by atoms with Gasteiger partial charge in [-0.25, -0.2) is 16.8 Å². The number of nitrogens with one attached hydrogen (secondary N) is 1. The molecular weight excluding hydrogens is 525 g/mol. The minimum atomic E-state index is -3.86. The van der Waals surface area contributed by atoms with Gasteiger partial charge in [0.25, 0.3) is 0 Å². The van der Waals surface area contributed by atoms with Crippen molar-refractivity contribution in [1.82, 2.24) is 4.31 Å². The maximum absolute atomic E-state index is 13.0. The number of hydrogen-bond acceptors (Lipinski definition) is 6. The number of carbonyl (C=O) groups is 1. The Morgan fingerprint density at radius 3 is 2.29 bits per heavy atom. The fraction of sp³-hybridized carbons (Fsp3) is 0.381. The number of ether oxygens (including phenoxy) is 1. The first-order valence-corrected chi connectivity index (χ1v) is 14.4. The molecule has 34 heavy (non-hydrogen) atoms. The summed E-state index contributed by atoms with van der Waals surface area (Å²) in [7, 11) is -6.23. The van der Waals surface area contributed by atoms with Gasteiger partial charge < -0.3 is 10.1 Å². The summed E-state index contributed by atoms with van der Waals surface area (Å²) >= 11 is 11.9. The van der Waals surface area contributed by atoms with E-state index in [0.717, 1.165) is 29.8 Å². The van der Waals surface area contributed by atoms with Gasteiger partial charge in [0.15, 0.2) is 0 Å². The summed E-state index contributed by atoms with van der Waals surface area (Å²) in [5.41, 5.74) is 0.258. The van der Waals surface area contributed by atoms with E-state index in [9.17, 15) is 21.6 Å². The van der Waals surface area contributed by atoms with Crippen molar-refractivity contribution in [2.24, 2.45) is 0 Å². The molecule has 1 N–H and O–H groups in total. The summed E-state index contributed by atoms with van der Waals surface area (Å²) in [5, 5.41) is 2.93. The number of rotatable bonds is 8. The SMILES string of the molecule is COc1ccc(S(=O)(=O)N2CCCCC2)cc1NC(=O)CN(c1ccc(Cl)c(Cl)c1)S(C)(=O)=O. The van der Waals surface area contributed by atoms with Crippen molar-refractivity contribution in [3.05, 3.63) is 46.4 Å². The van der Waals surface area contributed by atoms with Crippen LogP contribution in [0.2, 0.25) is 10.0 Å². The highest BCUT2D eigenvalue weighted by Gasteiger charge is 2.27. The molecule has 1 heterocycles. The van der Waals surface area contributed by atoms with Gasteiger partial charge in [0.2, 0.25) is 26.0 Å². The molecule has 1 aliphatic rings. The van der Waals surface area contributed by atoms with Crippen LogP contribution in [0.1, 0.15) is 19.3 Å². The Morgan fingerprint density at radius 2 is 1.71 bits per heavy atom. The number of anilines is 2. The Labute approximate surface area is 209 Å². The van der Waals surface area contributed by atoms with Crippen LogP contribution < -0.4 is 14.4 Å². The maximum atomic E-state index is 13.0. The smallest absolute Gasteiger partial charge is 0.245 e. The van der Waals surface area contributed by atoms with E-state index in [-0.39, 0.29) is 32.1 Å². The van der Waals surface area contributed by atoms with Crippen LogP contribution in [0.4, 0.5) is 11.4 Å². The molecule has 13 heteroatoms. The number of piperidine rings is 1. The summed E-state index contributed by atoms with van der Waals surface area (Å²) in [6, 6.07) is 8.36. The molecule has 3 rings (SSSR count). The zero-order chi connectivity index (χ0) is 25.1. The number of benzene rings is 2. The molecule has 0 unspecified atom stereocenters. The van der Waals surface area contributed by atoms with E-state index in [1.165, 1.54) is 47.8 Å². The van der Waals surface area contributed by atoms with E-state index in [1.807, 2.05) is 0 Å². The zero-order valence-electron chi connectivity index (χ0n) is 18.6. The number of sulfonamides is 2. The molecule has 1 fully saturated rings. The van der Waals surface area contributed by atoms with Crippen LogP contribution in [0, 0.1) is 0 Å². The van der Waals surface area contributed by atoms with E-state index in [1.54, 1.807) is 0 Å². The van der Waals surface area contributed by atoms with Crippen molar-refractivity contribution in [3.63, 3.8) is 0 Å². The molecule has 2 aromatic rings. The van der Waals surface area contributed by atoms with Crippen LogP contribution in [-0.2, 0) is 24.8 Å². The molecule has 0 radical (unpaired) electrons. The lowest BCUT2D eigenvalue weighted by molar-refractivity contribution is -0.114. The van der Waals surface area contributed by atoms with Gasteiger partial charge in [0.1, 0.15) is 12.3 Å². The lowest BCUT2D eigenvalue weighted by Gasteiger charge is -2.26. The molecule has 0 aromatic heterocycles. The van der Waals surface area contributed by atoms with Crippen molar-refractivity contribution in [2.75, 3.05) is 42.6 Å². The standard InChI is InChI=1S/C21H25Cl2N3O6S2/c1-32-20-9-7-16(34(30,31)25-10-4-3-5-11-25)13-19(20)24-21(27)14-26(33(2,28)29)15-6-8-17(22)18(23)12-15/h6-9,12-13H,3-5,10-11,14H2,1-2H3,(H,24,27). The van der Waals surface area contributed by atoms with Crippen LogP contribution in [0.5, 0.6) is 5.75 Å². The van der Waals surface area contributed by atoms with Crippen LogP contribution in [0.25, 0.3) is 0 Å². The van der Waals surface area contributed by atoms with Crippen LogP contribution in [-0.4, -0.2) is 60.0 Å². The molecule has 0 bridgehead atoms. The van der Waals surface area contributed by atoms with E-state index in [4.69, 9.17) is 27.9 Å². The Kier molecular flexibility index (Phi) is 8.35. The third-order valence-corrected chi connectivity index (χ3v) is 9.05. The first-order chi connectivity index (χ1) is 15.9. The summed E-state index contributed by atoms with van der Waals surface area (Å²) in [5.74, 6) is -0.478. The van der Waals surface area contributed by atoms with Gasteiger partial charge >= 0.3 is 0 Å². The van der Waals surface area contributed by atoms with E-state index in [0.29, 0.717) is 13.1 Å². The number of amides is 1. The summed E-state index contributed by atoms with van der Waals surface area (Å²) in [4.78, 5) is 12.8. The molecular formula is C21H25Cl2N3O6S2. The van der Waals surface area contributed by atoms with Gasteiger partial charge in [-0.1, -0.05) is 29.6 Å². The number of hydrogen-bond donors (Lipinski definition) is 1. The third kappa shape index (κ3) is 6.14. The van der Waals surface area contributed by atoms with Crippen LogP contribution in [0.3, 0.4) is 0 Å². The highest BCUT2D eigenvalue weighted by molar-refractivity contribution is 7.92. The van der Waals surface area contributed by atoms with Crippen molar-refractivity contribution in [3.8, 4) is 5.75 Å². The average molecular weight is 550 g/mol. The molecule has 1 saturated heterocycles. The molecule has 0 spiro atoms. The predicted molar refractivity (Wildman–Crippen MR) is 133 cm³/mol. The number of methoxy groups -OCH3 is 1. The van der Waals surface area contributed by atoms with E-state index >= 15 is 0 Å². The van der Waals surface area contributed by atoms with Gasteiger partial charge in [-0.15, -0.1) is 0 Å². The van der Waals surface area contributed by atoms with Crippen molar-refractivity contribution < 1.29 is 26.4 Å². The fourth-order valence-corrected chi connectivity index (χ4v) is 6.24. The number of halogens is 2. The Balaban J connectivity index is 1.87. The van der Waals surface area contributed by atoms with E-state index in [2.05, 4.69) is 5.32 Å². The minimum Gasteiger partial charge on any atom is -0.495 e. The highest BCUT2D eigenvalue weighted by atomic mass is 35.5. The molecule has 9 nitrogen and oxygen atoms in total. The summed E-state index contributed by atoms with van der Waals surface area (Å²) < 4.78 is 58.3. The lowest BCUT2D eigenvalue weighted by atomic mass is 10.2. The second kappa shape index (κ2) is 10.7. The largest absolute Gasteiger partial charge is 0.495 e. The second-order valence-electron chi connectivity index (χ2n) is 7.74. The fourth-order valence-electron chi connectivity index (χ4n) is 3.56. The van der Waals surface area contributed by atoms with Crippen LogP contribution >= 0.6 is 23.2 Å². The molecule has 0 saturated carbocycles. The Morgan fingerprint density at radius 1 is 1.03 bits per heavy atom. The minimum absolute atomic E-state index is 0.00922. The molecule has 186 valence electrons. The normalized spacial score (nSPS) is 15.1. The van der Waals surface area contributed by atoms with Crippen molar-refractivity contribution >= 4 is 60.5 Å². The summed E-state index contributed by atoms with van der Waals surface area (Å²) in [6.07, 6.45) is 3.50. The van der Waals surface area contributed by atoms with Gasteiger partial charge in [-0.2, -0.15) is 4.31 Å². The monoisotopic (exact) mass is 549 g/mol. The van der Waals surface area contributed by atoms with Gasteiger partial charge in [-0.3, -0.25) is 9.10 Å².